The number of carbonyl (C=O) groups excluding carboxylic acids is 1. The molecule has 2 heterocycles. The summed E-state index contributed by atoms with van der Waals surface area (Å²) < 4.78 is 0. The number of amides is 1. The molecular weight excluding hydrogens is 270 g/mol. The minimum Gasteiger partial charge on any atom is -0.375 e. The lowest BCUT2D eigenvalue weighted by atomic mass is 10.0. The summed E-state index contributed by atoms with van der Waals surface area (Å²) in [6.45, 7) is 5.72. The standard InChI is InChI=1S/C15H17N3OS/c1-8-6-12-7-11(14-9(2)20-15(16)17-14)4-5-13(12)18(8)10(3)19/h4-5,7-8H,6H2,1-3H3,(H2,16,17). The van der Waals surface area contributed by atoms with E-state index in [9.17, 15) is 4.79 Å². The van der Waals surface area contributed by atoms with Crippen molar-refractivity contribution >= 4 is 28.1 Å². The van der Waals surface area contributed by atoms with Gasteiger partial charge >= 0.3 is 0 Å². The molecule has 1 aromatic heterocycles. The molecule has 1 amide bonds. The van der Waals surface area contributed by atoms with Gasteiger partial charge in [-0.25, -0.2) is 4.98 Å². The van der Waals surface area contributed by atoms with Crippen molar-refractivity contribution in [2.24, 2.45) is 0 Å². The second-order valence-corrected chi connectivity index (χ2v) is 6.48. The molecule has 1 aliphatic heterocycles. The third kappa shape index (κ3) is 1.98. The first-order chi connectivity index (χ1) is 9.47. The van der Waals surface area contributed by atoms with Crippen molar-refractivity contribution < 1.29 is 4.79 Å². The predicted octanol–water partition coefficient (Wildman–Crippen LogP) is 3.00. The van der Waals surface area contributed by atoms with E-state index in [1.807, 2.05) is 24.0 Å². The Morgan fingerprint density at radius 3 is 2.85 bits per heavy atom. The maximum Gasteiger partial charge on any atom is 0.224 e. The van der Waals surface area contributed by atoms with Crippen molar-refractivity contribution in [1.82, 2.24) is 4.98 Å². The van der Waals surface area contributed by atoms with Crippen LogP contribution >= 0.6 is 11.3 Å². The molecule has 1 atom stereocenters. The molecule has 0 bridgehead atoms. The van der Waals surface area contributed by atoms with Gasteiger partial charge < -0.3 is 10.6 Å². The van der Waals surface area contributed by atoms with E-state index in [4.69, 9.17) is 5.73 Å². The molecule has 1 aromatic carbocycles. The summed E-state index contributed by atoms with van der Waals surface area (Å²) in [4.78, 5) is 19.1. The smallest absolute Gasteiger partial charge is 0.224 e. The molecular formula is C15H17N3OS. The molecule has 0 spiro atoms. The van der Waals surface area contributed by atoms with Crippen LogP contribution in [0.5, 0.6) is 0 Å². The van der Waals surface area contributed by atoms with Gasteiger partial charge in [0.2, 0.25) is 5.91 Å². The highest BCUT2D eigenvalue weighted by Gasteiger charge is 2.29. The largest absolute Gasteiger partial charge is 0.375 e. The summed E-state index contributed by atoms with van der Waals surface area (Å²) in [5, 5.41) is 0.594. The van der Waals surface area contributed by atoms with Gasteiger partial charge in [-0.2, -0.15) is 0 Å². The molecule has 0 aliphatic carbocycles. The molecule has 4 nitrogen and oxygen atoms in total. The fraction of sp³-hybridized carbons (Fsp3) is 0.333. The third-order valence-electron chi connectivity index (χ3n) is 3.72. The molecule has 20 heavy (non-hydrogen) atoms. The van der Waals surface area contributed by atoms with E-state index in [1.165, 1.54) is 16.9 Å². The number of benzene rings is 1. The summed E-state index contributed by atoms with van der Waals surface area (Å²) in [6, 6.07) is 6.40. The van der Waals surface area contributed by atoms with Gasteiger partial charge in [-0.1, -0.05) is 6.07 Å². The van der Waals surface area contributed by atoms with E-state index in [0.29, 0.717) is 5.13 Å². The quantitative estimate of drug-likeness (QED) is 0.877. The molecule has 0 radical (unpaired) electrons. The number of fused-ring (bicyclic) bond motifs is 1. The first-order valence-corrected chi connectivity index (χ1v) is 7.45. The monoisotopic (exact) mass is 287 g/mol. The van der Waals surface area contributed by atoms with Crippen molar-refractivity contribution in [3.8, 4) is 11.3 Å². The van der Waals surface area contributed by atoms with Crippen molar-refractivity contribution in [2.75, 3.05) is 10.6 Å². The van der Waals surface area contributed by atoms with Gasteiger partial charge in [0.1, 0.15) is 0 Å². The van der Waals surface area contributed by atoms with Crippen LogP contribution < -0.4 is 10.6 Å². The van der Waals surface area contributed by atoms with Gasteiger partial charge in [-0.15, -0.1) is 11.3 Å². The zero-order valence-electron chi connectivity index (χ0n) is 11.8. The molecule has 0 saturated heterocycles. The Morgan fingerprint density at radius 1 is 1.50 bits per heavy atom. The number of thiazole rings is 1. The molecule has 1 unspecified atom stereocenters. The van der Waals surface area contributed by atoms with Gasteiger partial charge in [0.05, 0.1) is 5.69 Å². The fourth-order valence-corrected chi connectivity index (χ4v) is 3.65. The van der Waals surface area contributed by atoms with Crippen molar-refractivity contribution in [3.63, 3.8) is 0 Å². The van der Waals surface area contributed by atoms with Gasteiger partial charge in [-0.05, 0) is 38.0 Å². The van der Waals surface area contributed by atoms with Gasteiger partial charge in [-0.3, -0.25) is 4.79 Å². The van der Waals surface area contributed by atoms with Crippen LogP contribution in [0, 0.1) is 6.92 Å². The zero-order chi connectivity index (χ0) is 14.4. The zero-order valence-corrected chi connectivity index (χ0v) is 12.6. The van der Waals surface area contributed by atoms with Crippen LogP contribution in [0.4, 0.5) is 10.8 Å². The summed E-state index contributed by atoms with van der Waals surface area (Å²) >= 11 is 1.51. The lowest BCUT2D eigenvalue weighted by Gasteiger charge is -2.20. The summed E-state index contributed by atoms with van der Waals surface area (Å²) in [5.41, 5.74) is 10.0. The number of aryl methyl sites for hydroxylation is 1. The molecule has 3 rings (SSSR count). The highest BCUT2D eigenvalue weighted by atomic mass is 32.1. The maximum absolute atomic E-state index is 11.7. The Bertz CT molecular complexity index is 692. The first kappa shape index (κ1) is 13.1. The minimum absolute atomic E-state index is 0.0954. The third-order valence-corrected chi connectivity index (χ3v) is 4.52. The lowest BCUT2D eigenvalue weighted by Crippen LogP contribution is -2.33. The lowest BCUT2D eigenvalue weighted by molar-refractivity contribution is -0.116. The highest BCUT2D eigenvalue weighted by Crippen LogP contribution is 2.37. The Morgan fingerprint density at radius 2 is 2.25 bits per heavy atom. The van der Waals surface area contributed by atoms with Crippen LogP contribution in [0.1, 0.15) is 24.3 Å². The number of carbonyl (C=O) groups is 1. The minimum atomic E-state index is 0.0954. The number of hydrogen-bond donors (Lipinski definition) is 1. The number of nitrogens with zero attached hydrogens (tertiary/aromatic N) is 2. The van der Waals surface area contributed by atoms with E-state index < -0.39 is 0 Å². The van der Waals surface area contributed by atoms with E-state index >= 15 is 0 Å². The van der Waals surface area contributed by atoms with E-state index in [2.05, 4.69) is 18.0 Å². The highest BCUT2D eigenvalue weighted by molar-refractivity contribution is 7.15. The van der Waals surface area contributed by atoms with Crippen molar-refractivity contribution in [3.05, 3.63) is 28.6 Å². The maximum atomic E-state index is 11.7. The molecule has 1 aliphatic rings. The molecule has 0 fully saturated rings. The number of nitrogen functional groups attached to an aromatic ring is 1. The molecule has 5 heteroatoms. The van der Waals surface area contributed by atoms with Crippen LogP contribution in [0.2, 0.25) is 0 Å². The second kappa shape index (κ2) is 4.59. The first-order valence-electron chi connectivity index (χ1n) is 6.63. The summed E-state index contributed by atoms with van der Waals surface area (Å²) in [5.74, 6) is 0.0954. The summed E-state index contributed by atoms with van der Waals surface area (Å²) in [7, 11) is 0. The number of anilines is 2. The second-order valence-electron chi connectivity index (χ2n) is 5.24. The Balaban J connectivity index is 2.06. The topological polar surface area (TPSA) is 59.2 Å². The average molecular weight is 287 g/mol. The van der Waals surface area contributed by atoms with Crippen LogP contribution in [0.3, 0.4) is 0 Å². The Kier molecular flexibility index (Phi) is 3.01. The molecule has 2 N–H and O–H groups in total. The van der Waals surface area contributed by atoms with Crippen molar-refractivity contribution in [2.45, 2.75) is 33.2 Å². The molecule has 2 aromatic rings. The Labute approximate surface area is 122 Å². The average Bonchev–Trinajstić information content (AvgIpc) is 2.86. The SMILES string of the molecule is CC(=O)N1c2ccc(-c3nc(N)sc3C)cc2CC1C. The van der Waals surface area contributed by atoms with E-state index in [-0.39, 0.29) is 11.9 Å². The number of aromatic nitrogens is 1. The fourth-order valence-electron chi connectivity index (χ4n) is 2.94. The van der Waals surface area contributed by atoms with Gasteiger partial charge in [0.15, 0.2) is 5.13 Å². The molecule has 104 valence electrons. The number of nitrogens with two attached hydrogens (primary N) is 1. The van der Waals surface area contributed by atoms with Crippen molar-refractivity contribution in [1.29, 1.82) is 0 Å². The normalized spacial score (nSPS) is 17.4. The van der Waals surface area contributed by atoms with E-state index in [1.54, 1.807) is 6.92 Å². The van der Waals surface area contributed by atoms with Crippen LogP contribution in [0.25, 0.3) is 11.3 Å². The summed E-state index contributed by atoms with van der Waals surface area (Å²) in [6.07, 6.45) is 0.890. The van der Waals surface area contributed by atoms with E-state index in [0.717, 1.165) is 28.2 Å². The van der Waals surface area contributed by atoms with Crippen LogP contribution in [-0.2, 0) is 11.2 Å². The Hall–Kier alpha value is -1.88. The predicted molar refractivity (Wildman–Crippen MR) is 83.0 cm³/mol. The molecule has 0 saturated carbocycles. The van der Waals surface area contributed by atoms with Crippen LogP contribution in [0.15, 0.2) is 18.2 Å². The van der Waals surface area contributed by atoms with Gasteiger partial charge in [0, 0.05) is 29.1 Å². The van der Waals surface area contributed by atoms with Gasteiger partial charge in [0.25, 0.3) is 0 Å². The number of rotatable bonds is 1. The van der Waals surface area contributed by atoms with Crippen LogP contribution in [-0.4, -0.2) is 16.9 Å². The number of hydrogen-bond acceptors (Lipinski definition) is 4.